The van der Waals surface area contributed by atoms with Gasteiger partial charge in [-0.3, -0.25) is 4.79 Å². The van der Waals surface area contributed by atoms with E-state index in [-0.39, 0.29) is 30.9 Å². The Morgan fingerprint density at radius 3 is 2.81 bits per heavy atom. The minimum atomic E-state index is -0.0403. The number of hydrogen-bond donors (Lipinski definition) is 2. The van der Waals surface area contributed by atoms with Crippen molar-refractivity contribution in [3.05, 3.63) is 29.8 Å². The van der Waals surface area contributed by atoms with Crippen molar-refractivity contribution in [2.24, 2.45) is 0 Å². The van der Waals surface area contributed by atoms with Crippen molar-refractivity contribution >= 4 is 18.3 Å². The molecular weight excluding hydrogens is 292 g/mol. The topological polar surface area (TPSA) is 59.6 Å². The molecule has 120 valence electrons. The summed E-state index contributed by atoms with van der Waals surface area (Å²) < 4.78 is 10.5. The van der Waals surface area contributed by atoms with Gasteiger partial charge in [0.15, 0.2) is 0 Å². The molecule has 0 saturated heterocycles. The average molecular weight is 317 g/mol. The zero-order chi connectivity index (χ0) is 14.8. The van der Waals surface area contributed by atoms with Crippen molar-refractivity contribution in [3.63, 3.8) is 0 Å². The van der Waals surface area contributed by atoms with E-state index in [1.54, 1.807) is 7.11 Å². The normalized spacial score (nSPS) is 11.4. The highest BCUT2D eigenvalue weighted by molar-refractivity contribution is 5.85. The summed E-state index contributed by atoms with van der Waals surface area (Å²) >= 11 is 0. The number of carbonyl (C=O) groups excluding carboxylic acids is 1. The molecule has 1 unspecified atom stereocenters. The number of aryl methyl sites for hydroxylation is 1. The first-order valence-electron chi connectivity index (χ1n) is 6.80. The van der Waals surface area contributed by atoms with Gasteiger partial charge in [-0.15, -0.1) is 12.4 Å². The van der Waals surface area contributed by atoms with Crippen LogP contribution in [0.15, 0.2) is 24.3 Å². The van der Waals surface area contributed by atoms with Crippen LogP contribution in [0.2, 0.25) is 0 Å². The minimum absolute atomic E-state index is 0. The van der Waals surface area contributed by atoms with Gasteiger partial charge in [0, 0.05) is 13.7 Å². The molecule has 0 aliphatic carbocycles. The zero-order valence-electron chi connectivity index (χ0n) is 12.8. The lowest BCUT2D eigenvalue weighted by atomic mass is 10.2. The molecule has 5 nitrogen and oxygen atoms in total. The molecule has 0 spiro atoms. The third kappa shape index (κ3) is 9.28. The number of nitrogens with one attached hydrogen (secondary N) is 2. The Kier molecular flexibility index (Phi) is 10.7. The van der Waals surface area contributed by atoms with E-state index in [2.05, 4.69) is 10.6 Å². The first-order chi connectivity index (χ1) is 9.61. The monoisotopic (exact) mass is 316 g/mol. The second-order valence-corrected chi connectivity index (χ2v) is 4.77. The smallest absolute Gasteiger partial charge is 0.234 e. The molecular formula is C15H25ClN2O3. The molecule has 1 aromatic rings. The number of ether oxygens (including phenoxy) is 2. The van der Waals surface area contributed by atoms with Gasteiger partial charge in [0.2, 0.25) is 5.91 Å². The highest BCUT2D eigenvalue weighted by atomic mass is 35.5. The Labute approximate surface area is 132 Å². The van der Waals surface area contributed by atoms with Crippen molar-refractivity contribution in [3.8, 4) is 5.75 Å². The molecule has 0 saturated carbocycles. The van der Waals surface area contributed by atoms with E-state index < -0.39 is 0 Å². The number of hydrogen-bond acceptors (Lipinski definition) is 4. The van der Waals surface area contributed by atoms with Gasteiger partial charge in [-0.05, 0) is 31.5 Å². The van der Waals surface area contributed by atoms with Crippen LogP contribution in [0.3, 0.4) is 0 Å². The van der Waals surface area contributed by atoms with Gasteiger partial charge in [0.05, 0.1) is 19.2 Å². The van der Waals surface area contributed by atoms with Crippen LogP contribution < -0.4 is 15.4 Å². The van der Waals surface area contributed by atoms with Gasteiger partial charge in [-0.25, -0.2) is 0 Å². The summed E-state index contributed by atoms with van der Waals surface area (Å²) in [6.07, 6.45) is 0. The zero-order valence-corrected chi connectivity index (χ0v) is 13.7. The maximum atomic E-state index is 11.6. The van der Waals surface area contributed by atoms with E-state index in [4.69, 9.17) is 9.47 Å². The summed E-state index contributed by atoms with van der Waals surface area (Å²) in [7, 11) is 1.63. The largest absolute Gasteiger partial charge is 0.491 e. The molecule has 6 heteroatoms. The fraction of sp³-hybridized carbons (Fsp3) is 0.533. The lowest BCUT2D eigenvalue weighted by molar-refractivity contribution is -0.121. The Balaban J connectivity index is 0.00000400. The van der Waals surface area contributed by atoms with Gasteiger partial charge < -0.3 is 20.1 Å². The number of methoxy groups -OCH3 is 1. The number of rotatable bonds is 9. The second-order valence-electron chi connectivity index (χ2n) is 4.77. The molecule has 0 bridgehead atoms. The molecule has 0 radical (unpaired) electrons. The predicted molar refractivity (Wildman–Crippen MR) is 86.3 cm³/mol. The number of carbonyl (C=O) groups is 1. The van der Waals surface area contributed by atoms with Crippen LogP contribution in [-0.2, 0) is 9.53 Å². The third-order valence-electron chi connectivity index (χ3n) is 2.67. The Morgan fingerprint density at radius 1 is 1.38 bits per heavy atom. The SMILES string of the molecule is COCCNCC(=O)NC(C)COc1cccc(C)c1.Cl. The van der Waals surface area contributed by atoms with Crippen LogP contribution >= 0.6 is 12.4 Å². The van der Waals surface area contributed by atoms with Gasteiger partial charge in [0.25, 0.3) is 0 Å². The molecule has 1 atom stereocenters. The van der Waals surface area contributed by atoms with Crippen LogP contribution in [0.25, 0.3) is 0 Å². The predicted octanol–water partition coefficient (Wildman–Crippen LogP) is 1.54. The van der Waals surface area contributed by atoms with Crippen molar-refractivity contribution in [2.45, 2.75) is 19.9 Å². The third-order valence-corrected chi connectivity index (χ3v) is 2.67. The summed E-state index contributed by atoms with van der Waals surface area (Å²) in [5, 5.41) is 5.87. The standard InChI is InChI=1S/C15H24N2O3.ClH/c1-12-5-4-6-14(9-12)20-11-13(2)17-15(18)10-16-7-8-19-3;/h4-6,9,13,16H,7-8,10-11H2,1-3H3,(H,17,18);1H. The van der Waals surface area contributed by atoms with Crippen LogP contribution in [-0.4, -0.2) is 45.4 Å². The van der Waals surface area contributed by atoms with E-state index in [0.717, 1.165) is 11.3 Å². The molecule has 1 amide bonds. The molecule has 0 fully saturated rings. The molecule has 21 heavy (non-hydrogen) atoms. The van der Waals surface area contributed by atoms with Crippen LogP contribution in [0, 0.1) is 6.92 Å². The second kappa shape index (κ2) is 11.4. The van der Waals surface area contributed by atoms with Gasteiger partial charge >= 0.3 is 0 Å². The van der Waals surface area contributed by atoms with Crippen molar-refractivity contribution in [2.75, 3.05) is 33.4 Å². The highest BCUT2D eigenvalue weighted by Gasteiger charge is 2.07. The summed E-state index contributed by atoms with van der Waals surface area (Å²) in [6, 6.07) is 7.82. The van der Waals surface area contributed by atoms with Crippen molar-refractivity contribution < 1.29 is 14.3 Å². The fourth-order valence-electron chi connectivity index (χ4n) is 1.67. The van der Waals surface area contributed by atoms with Gasteiger partial charge in [-0.1, -0.05) is 12.1 Å². The Hall–Kier alpha value is -1.30. The molecule has 2 N–H and O–H groups in total. The summed E-state index contributed by atoms with van der Waals surface area (Å²) in [5.74, 6) is 0.783. The Morgan fingerprint density at radius 2 is 2.14 bits per heavy atom. The van der Waals surface area contributed by atoms with Crippen LogP contribution in [0.4, 0.5) is 0 Å². The molecule has 0 aromatic heterocycles. The van der Waals surface area contributed by atoms with Crippen molar-refractivity contribution in [1.82, 2.24) is 10.6 Å². The van der Waals surface area contributed by atoms with E-state index in [1.807, 2.05) is 38.1 Å². The number of amides is 1. The quantitative estimate of drug-likeness (QED) is 0.678. The van der Waals surface area contributed by atoms with Gasteiger partial charge in [0.1, 0.15) is 12.4 Å². The molecule has 0 aliphatic heterocycles. The number of halogens is 1. The maximum Gasteiger partial charge on any atom is 0.234 e. The highest BCUT2D eigenvalue weighted by Crippen LogP contribution is 2.12. The Bertz CT molecular complexity index is 416. The van der Waals surface area contributed by atoms with Crippen LogP contribution in [0.1, 0.15) is 12.5 Å². The molecule has 1 rings (SSSR count). The average Bonchev–Trinajstić information content (AvgIpc) is 2.41. The lowest BCUT2D eigenvalue weighted by Crippen LogP contribution is -2.42. The maximum absolute atomic E-state index is 11.6. The summed E-state index contributed by atoms with van der Waals surface area (Å²) in [6.45, 7) is 5.94. The molecule has 0 heterocycles. The minimum Gasteiger partial charge on any atom is -0.491 e. The fourth-order valence-corrected chi connectivity index (χ4v) is 1.67. The van der Waals surface area contributed by atoms with E-state index >= 15 is 0 Å². The summed E-state index contributed by atoms with van der Waals surface area (Å²) in [5.41, 5.74) is 1.15. The van der Waals surface area contributed by atoms with E-state index in [9.17, 15) is 4.79 Å². The van der Waals surface area contributed by atoms with E-state index in [1.165, 1.54) is 0 Å². The first kappa shape index (κ1) is 19.7. The lowest BCUT2D eigenvalue weighted by Gasteiger charge is -2.15. The molecule has 1 aromatic carbocycles. The molecule has 0 aliphatic rings. The summed E-state index contributed by atoms with van der Waals surface area (Å²) in [4.78, 5) is 11.6. The van der Waals surface area contributed by atoms with Crippen LogP contribution in [0.5, 0.6) is 5.75 Å². The van der Waals surface area contributed by atoms with Crippen molar-refractivity contribution in [1.29, 1.82) is 0 Å². The number of benzene rings is 1. The van der Waals surface area contributed by atoms with Gasteiger partial charge in [-0.2, -0.15) is 0 Å². The first-order valence-corrected chi connectivity index (χ1v) is 6.80. The van der Waals surface area contributed by atoms with E-state index in [0.29, 0.717) is 19.8 Å².